The molecule has 3 heteroatoms. The Kier molecular flexibility index (Phi) is 3.89. The van der Waals surface area contributed by atoms with Crippen LogP contribution in [-0.4, -0.2) is 12.1 Å². The summed E-state index contributed by atoms with van der Waals surface area (Å²) in [5, 5.41) is 0. The van der Waals surface area contributed by atoms with Crippen LogP contribution < -0.4 is 4.74 Å². The smallest absolute Gasteiger partial charge is 0.142 e. The zero-order valence-electron chi connectivity index (χ0n) is 16.0. The first-order chi connectivity index (χ1) is 13.1. The van der Waals surface area contributed by atoms with Gasteiger partial charge < -0.3 is 4.74 Å². The molecule has 1 heterocycles. The van der Waals surface area contributed by atoms with E-state index in [2.05, 4.69) is 36.2 Å². The second kappa shape index (κ2) is 6.19. The minimum atomic E-state index is -0.241. The molecule has 0 unspecified atom stereocenters. The van der Waals surface area contributed by atoms with Crippen molar-refractivity contribution in [1.29, 1.82) is 0 Å². The van der Waals surface area contributed by atoms with Crippen LogP contribution in [0.15, 0.2) is 42.7 Å². The zero-order chi connectivity index (χ0) is 18.6. The van der Waals surface area contributed by atoms with E-state index in [0.717, 1.165) is 30.6 Å². The summed E-state index contributed by atoms with van der Waals surface area (Å²) in [6.07, 6.45) is 11.3. The Bertz CT molecular complexity index is 920. The summed E-state index contributed by atoms with van der Waals surface area (Å²) in [7, 11) is 1.74. The fraction of sp³-hybridized carbons (Fsp3) is 0.458. The van der Waals surface area contributed by atoms with Crippen LogP contribution in [0, 0.1) is 23.1 Å². The van der Waals surface area contributed by atoms with E-state index >= 15 is 0 Å². The first-order valence-corrected chi connectivity index (χ1v) is 10.1. The molecule has 0 spiro atoms. The molecule has 1 saturated carbocycles. The van der Waals surface area contributed by atoms with Crippen LogP contribution in [0.4, 0.5) is 4.39 Å². The van der Waals surface area contributed by atoms with Gasteiger partial charge in [-0.15, -0.1) is 0 Å². The van der Waals surface area contributed by atoms with E-state index in [-0.39, 0.29) is 11.2 Å². The average molecular weight is 363 g/mol. The number of aryl methyl sites for hydroxylation is 1. The van der Waals surface area contributed by atoms with Gasteiger partial charge in [0.15, 0.2) is 0 Å². The molecule has 2 nitrogen and oxygen atoms in total. The third-order valence-electron chi connectivity index (χ3n) is 7.53. The minimum Gasteiger partial charge on any atom is -0.497 e. The standard InChI is InChI=1S/C24H26FNO/c1-24-10-9-20-19-6-4-18(27-2)12-15(19)3-5-21(20)23(24)8-7-22(24)16-11-17(25)14-26-13-16/h4,6-7,11-14,20-21,23H,3,5,8-10H2,1-2H3/t20-,21-,23+,24-/m1/s1. The molecule has 0 saturated heterocycles. The lowest BCUT2D eigenvalue weighted by Crippen LogP contribution is -2.40. The van der Waals surface area contributed by atoms with Gasteiger partial charge in [0.2, 0.25) is 0 Å². The van der Waals surface area contributed by atoms with Crippen LogP contribution in [0.3, 0.4) is 0 Å². The Hall–Kier alpha value is -2.16. The molecule has 1 fully saturated rings. The van der Waals surface area contributed by atoms with E-state index < -0.39 is 0 Å². The lowest BCUT2D eigenvalue weighted by Gasteiger charge is -2.50. The molecular formula is C24H26FNO. The van der Waals surface area contributed by atoms with Crippen LogP contribution in [0.5, 0.6) is 5.75 Å². The maximum atomic E-state index is 13.8. The van der Waals surface area contributed by atoms with E-state index in [4.69, 9.17) is 4.74 Å². The maximum absolute atomic E-state index is 13.8. The summed E-state index contributed by atoms with van der Waals surface area (Å²) < 4.78 is 19.2. The quantitative estimate of drug-likeness (QED) is 0.675. The van der Waals surface area contributed by atoms with Gasteiger partial charge in [-0.1, -0.05) is 19.1 Å². The molecule has 140 valence electrons. The molecule has 0 N–H and O–H groups in total. The number of benzene rings is 1. The van der Waals surface area contributed by atoms with Gasteiger partial charge in [0, 0.05) is 6.20 Å². The first kappa shape index (κ1) is 17.0. The number of rotatable bonds is 2. The Morgan fingerprint density at radius 2 is 2.07 bits per heavy atom. The Balaban J connectivity index is 1.47. The third-order valence-corrected chi connectivity index (χ3v) is 7.53. The van der Waals surface area contributed by atoms with Crippen molar-refractivity contribution in [2.24, 2.45) is 17.3 Å². The molecule has 1 aromatic carbocycles. The molecule has 0 bridgehead atoms. The lowest BCUT2D eigenvalue weighted by atomic mass is 9.54. The van der Waals surface area contributed by atoms with E-state index in [1.54, 1.807) is 13.2 Å². The monoisotopic (exact) mass is 363 g/mol. The van der Waals surface area contributed by atoms with Gasteiger partial charge in [-0.25, -0.2) is 4.39 Å². The van der Waals surface area contributed by atoms with Gasteiger partial charge >= 0.3 is 0 Å². The van der Waals surface area contributed by atoms with Gasteiger partial charge in [-0.3, -0.25) is 4.98 Å². The zero-order valence-corrected chi connectivity index (χ0v) is 16.0. The highest BCUT2D eigenvalue weighted by atomic mass is 19.1. The van der Waals surface area contributed by atoms with Crippen molar-refractivity contribution in [3.8, 4) is 5.75 Å². The number of nitrogens with zero attached hydrogens (tertiary/aromatic N) is 1. The Labute approximate surface area is 160 Å². The van der Waals surface area contributed by atoms with Crippen molar-refractivity contribution < 1.29 is 9.13 Å². The summed E-state index contributed by atoms with van der Waals surface area (Å²) in [5.41, 5.74) is 5.44. The van der Waals surface area contributed by atoms with Gasteiger partial charge in [-0.05, 0) is 95.7 Å². The first-order valence-electron chi connectivity index (χ1n) is 10.1. The van der Waals surface area contributed by atoms with Crippen LogP contribution in [0.25, 0.3) is 5.57 Å². The average Bonchev–Trinajstić information content (AvgIpc) is 3.04. The van der Waals surface area contributed by atoms with Crippen LogP contribution in [0.1, 0.15) is 55.2 Å². The third kappa shape index (κ3) is 2.55. The number of fused-ring (bicyclic) bond motifs is 5. The largest absolute Gasteiger partial charge is 0.497 e. The van der Waals surface area contributed by atoms with Crippen LogP contribution in [0.2, 0.25) is 0 Å². The highest BCUT2D eigenvalue weighted by molar-refractivity contribution is 5.72. The number of methoxy groups -OCH3 is 1. The predicted octanol–water partition coefficient (Wildman–Crippen LogP) is 5.78. The van der Waals surface area contributed by atoms with Gasteiger partial charge in [0.05, 0.1) is 13.3 Å². The number of ether oxygens (including phenoxy) is 1. The number of hydrogen-bond donors (Lipinski definition) is 0. The van der Waals surface area contributed by atoms with Crippen molar-refractivity contribution in [2.75, 3.05) is 7.11 Å². The molecule has 3 aliphatic rings. The minimum absolute atomic E-state index is 0.139. The Morgan fingerprint density at radius 1 is 1.19 bits per heavy atom. The summed E-state index contributed by atoms with van der Waals surface area (Å²) in [6, 6.07) is 8.30. The van der Waals surface area contributed by atoms with Crippen molar-refractivity contribution in [1.82, 2.24) is 4.98 Å². The van der Waals surface area contributed by atoms with Crippen molar-refractivity contribution in [3.05, 3.63) is 65.2 Å². The van der Waals surface area contributed by atoms with Crippen LogP contribution >= 0.6 is 0 Å². The SMILES string of the molecule is COc1ccc2c(c1)CC[C@@H]1[C@@H]2CC[C@]2(C)C(c3cncc(F)c3)=CC[C@@H]12. The molecule has 27 heavy (non-hydrogen) atoms. The molecule has 2 aromatic rings. The second-order valence-electron chi connectivity index (χ2n) is 8.68. The molecular weight excluding hydrogens is 337 g/mol. The summed E-state index contributed by atoms with van der Waals surface area (Å²) in [4.78, 5) is 4.10. The Morgan fingerprint density at radius 3 is 2.89 bits per heavy atom. The van der Waals surface area contributed by atoms with E-state index in [9.17, 15) is 4.39 Å². The molecule has 4 atom stereocenters. The molecule has 0 aliphatic heterocycles. The highest BCUT2D eigenvalue weighted by Gasteiger charge is 2.51. The molecule has 0 radical (unpaired) electrons. The number of halogens is 1. The fourth-order valence-corrected chi connectivity index (χ4v) is 6.26. The van der Waals surface area contributed by atoms with Crippen molar-refractivity contribution >= 4 is 5.57 Å². The lowest BCUT2D eigenvalue weighted by molar-refractivity contribution is 0.0885. The predicted molar refractivity (Wildman–Crippen MR) is 105 cm³/mol. The van der Waals surface area contributed by atoms with Crippen molar-refractivity contribution in [3.63, 3.8) is 0 Å². The number of allylic oxidation sites excluding steroid dienone is 2. The topological polar surface area (TPSA) is 22.1 Å². The highest BCUT2D eigenvalue weighted by Crippen LogP contribution is 2.63. The number of hydrogen-bond acceptors (Lipinski definition) is 2. The fourth-order valence-electron chi connectivity index (χ4n) is 6.26. The van der Waals surface area contributed by atoms with Crippen LogP contribution in [-0.2, 0) is 6.42 Å². The van der Waals surface area contributed by atoms with Crippen molar-refractivity contribution in [2.45, 2.75) is 44.9 Å². The number of pyridine rings is 1. The summed E-state index contributed by atoms with van der Waals surface area (Å²) in [6.45, 7) is 2.40. The maximum Gasteiger partial charge on any atom is 0.142 e. The number of aromatic nitrogens is 1. The van der Waals surface area contributed by atoms with Gasteiger partial charge in [0.25, 0.3) is 0 Å². The molecule has 5 rings (SSSR count). The molecule has 0 amide bonds. The second-order valence-corrected chi connectivity index (χ2v) is 8.68. The summed E-state index contributed by atoms with van der Waals surface area (Å²) >= 11 is 0. The van der Waals surface area contributed by atoms with Gasteiger partial charge in [-0.2, -0.15) is 0 Å². The molecule has 1 aromatic heterocycles. The van der Waals surface area contributed by atoms with Gasteiger partial charge in [0.1, 0.15) is 11.6 Å². The summed E-state index contributed by atoms with van der Waals surface area (Å²) in [5.74, 6) is 2.73. The van der Waals surface area contributed by atoms with E-state index in [1.165, 1.54) is 35.7 Å². The van der Waals surface area contributed by atoms with E-state index in [0.29, 0.717) is 17.8 Å². The van der Waals surface area contributed by atoms with E-state index in [1.807, 2.05) is 6.20 Å². The molecule has 3 aliphatic carbocycles. The normalized spacial score (nSPS) is 31.5.